The maximum Gasteiger partial charge on any atom is 0.0725 e. The molecule has 71 heavy (non-hydrogen) atoms. The largest absolute Gasteiger partial charge is 0.248 e. The molecule has 1 nitrogen and oxygen atoms in total. The van der Waals surface area contributed by atoms with E-state index in [2.05, 4.69) is 273 Å². The van der Waals surface area contributed by atoms with Crippen LogP contribution >= 0.6 is 0 Å². The quantitative estimate of drug-likeness (QED) is 0.155. The first kappa shape index (κ1) is 40.9. The van der Waals surface area contributed by atoms with Crippen LogP contribution in [0, 0.1) is 0 Å². The van der Waals surface area contributed by atoms with Gasteiger partial charge >= 0.3 is 0 Å². The molecular weight excluding hydrogens is 855 g/mol. The van der Waals surface area contributed by atoms with Gasteiger partial charge in [-0.3, -0.25) is 0 Å². The van der Waals surface area contributed by atoms with E-state index in [4.69, 9.17) is 4.98 Å². The van der Waals surface area contributed by atoms with Gasteiger partial charge in [0.25, 0.3) is 0 Å². The predicted octanol–water partition coefficient (Wildman–Crippen LogP) is 18.2. The van der Waals surface area contributed by atoms with Gasteiger partial charge in [-0.05, 0) is 153 Å². The number of pyridine rings is 1. The third kappa shape index (κ3) is 6.66. The number of benzene rings is 11. The SMILES string of the molecule is c1ccc(-c2ccc(-c3cc(-c4ccccc4)nc(-c4cccc(-c5cccc(-c6cc7c(cc6-c6ccc8ccccc8c6)-c6ccccc6C76c7ccccc7-c7ccccc76)c5)c4)c3)cc2)cc1. The smallest absolute Gasteiger partial charge is 0.0725 e. The molecule has 11 aromatic carbocycles. The Morgan fingerprint density at radius 2 is 0.620 bits per heavy atom. The van der Waals surface area contributed by atoms with E-state index in [1.54, 1.807) is 0 Å². The molecular formula is C70H45N. The summed E-state index contributed by atoms with van der Waals surface area (Å²) in [6, 6.07) is 100. The minimum atomic E-state index is -0.453. The molecule has 12 aromatic rings. The van der Waals surface area contributed by atoms with Gasteiger partial charge in [-0.15, -0.1) is 0 Å². The molecule has 1 heterocycles. The molecule has 0 aliphatic heterocycles. The van der Waals surface area contributed by atoms with E-state index in [1.165, 1.54) is 88.7 Å². The molecule has 0 bridgehead atoms. The lowest BCUT2D eigenvalue weighted by Gasteiger charge is -2.31. The van der Waals surface area contributed by atoms with Crippen LogP contribution in [0.25, 0.3) is 111 Å². The second-order valence-corrected chi connectivity index (χ2v) is 19.0. The average Bonchev–Trinajstić information content (AvgIpc) is 3.94. The molecule has 0 radical (unpaired) electrons. The first-order valence-electron chi connectivity index (χ1n) is 24.6. The zero-order valence-corrected chi connectivity index (χ0v) is 38.9. The van der Waals surface area contributed by atoms with E-state index < -0.39 is 5.41 Å². The molecule has 0 fully saturated rings. The maximum absolute atomic E-state index is 5.35. The standard InChI is InChI=1S/C70H45N/c1-3-17-46(18-4-1)48-33-35-49(36-34-48)57-42-68(50-20-5-2-6-21-50)71-69(43-57)56-26-16-24-53(41-56)52-23-15-25-54(40-52)62-45-67-63(44-61(62)55-38-37-47-19-7-8-22-51(47)39-55)60-29-11-14-32-66(60)70(67)64-30-12-9-27-58(64)59-28-10-13-31-65(59)70/h1-45H. The van der Waals surface area contributed by atoms with E-state index in [9.17, 15) is 0 Å². The Hall–Kier alpha value is -9.17. The highest BCUT2D eigenvalue weighted by atomic mass is 14.7. The normalized spacial score (nSPS) is 12.6. The van der Waals surface area contributed by atoms with Gasteiger partial charge in [0, 0.05) is 11.1 Å². The molecule has 0 saturated heterocycles. The van der Waals surface area contributed by atoms with Crippen molar-refractivity contribution in [3.05, 3.63) is 295 Å². The Labute approximate surface area is 414 Å². The van der Waals surface area contributed by atoms with Crippen molar-refractivity contribution in [1.82, 2.24) is 4.98 Å². The minimum absolute atomic E-state index is 0.453. The number of hydrogen-bond donors (Lipinski definition) is 0. The number of hydrogen-bond acceptors (Lipinski definition) is 1. The molecule has 1 spiro atoms. The summed E-state index contributed by atoms with van der Waals surface area (Å²) in [5.74, 6) is 0. The van der Waals surface area contributed by atoms with Crippen LogP contribution in [0.15, 0.2) is 273 Å². The maximum atomic E-state index is 5.35. The van der Waals surface area contributed by atoms with Crippen molar-refractivity contribution in [3.63, 3.8) is 0 Å². The predicted molar refractivity (Wildman–Crippen MR) is 296 cm³/mol. The fourth-order valence-corrected chi connectivity index (χ4v) is 11.8. The summed E-state index contributed by atoms with van der Waals surface area (Å²) in [6.07, 6.45) is 0. The second kappa shape index (κ2) is 16.5. The van der Waals surface area contributed by atoms with Gasteiger partial charge in [0.05, 0.1) is 16.8 Å². The lowest BCUT2D eigenvalue weighted by molar-refractivity contribution is 0.794. The van der Waals surface area contributed by atoms with Gasteiger partial charge < -0.3 is 0 Å². The molecule has 330 valence electrons. The van der Waals surface area contributed by atoms with Crippen LogP contribution in [-0.2, 0) is 5.41 Å². The topological polar surface area (TPSA) is 12.9 Å². The zero-order chi connectivity index (χ0) is 46.9. The molecule has 2 aliphatic carbocycles. The highest BCUT2D eigenvalue weighted by Crippen LogP contribution is 2.63. The molecule has 0 unspecified atom stereocenters. The van der Waals surface area contributed by atoms with Gasteiger partial charge in [0.15, 0.2) is 0 Å². The Morgan fingerprint density at radius 1 is 0.197 bits per heavy atom. The first-order valence-corrected chi connectivity index (χ1v) is 24.6. The fourth-order valence-electron chi connectivity index (χ4n) is 11.8. The van der Waals surface area contributed by atoms with Crippen molar-refractivity contribution < 1.29 is 0 Å². The number of fused-ring (bicyclic) bond motifs is 11. The van der Waals surface area contributed by atoms with Crippen LogP contribution < -0.4 is 0 Å². The molecule has 0 amide bonds. The number of rotatable bonds is 7. The average molecular weight is 900 g/mol. The molecule has 0 saturated carbocycles. The summed E-state index contributed by atoms with van der Waals surface area (Å²) in [4.78, 5) is 5.35. The summed E-state index contributed by atoms with van der Waals surface area (Å²) in [6.45, 7) is 0. The van der Waals surface area contributed by atoms with Crippen molar-refractivity contribution in [2.24, 2.45) is 0 Å². The van der Waals surface area contributed by atoms with Gasteiger partial charge in [0.2, 0.25) is 0 Å². The molecule has 0 atom stereocenters. The highest BCUT2D eigenvalue weighted by Gasteiger charge is 2.51. The van der Waals surface area contributed by atoms with E-state index in [1.807, 2.05) is 0 Å². The zero-order valence-electron chi connectivity index (χ0n) is 38.9. The Balaban J connectivity index is 0.929. The lowest BCUT2D eigenvalue weighted by atomic mass is 9.70. The van der Waals surface area contributed by atoms with Gasteiger partial charge in [-0.1, -0.05) is 231 Å². The Kier molecular flexibility index (Phi) is 9.50. The van der Waals surface area contributed by atoms with Crippen molar-refractivity contribution in [2.75, 3.05) is 0 Å². The molecule has 2 aliphatic rings. The summed E-state index contributed by atoms with van der Waals surface area (Å²) < 4.78 is 0. The van der Waals surface area contributed by atoms with Gasteiger partial charge in [0.1, 0.15) is 0 Å². The summed E-state index contributed by atoms with van der Waals surface area (Å²) in [7, 11) is 0. The van der Waals surface area contributed by atoms with Crippen molar-refractivity contribution in [1.29, 1.82) is 0 Å². The van der Waals surface area contributed by atoms with Crippen LogP contribution in [0.4, 0.5) is 0 Å². The molecule has 0 N–H and O–H groups in total. The Morgan fingerprint density at radius 3 is 1.27 bits per heavy atom. The first-order chi connectivity index (χ1) is 35.2. The van der Waals surface area contributed by atoms with Crippen LogP contribution in [0.5, 0.6) is 0 Å². The van der Waals surface area contributed by atoms with E-state index >= 15 is 0 Å². The third-order valence-electron chi connectivity index (χ3n) is 15.1. The van der Waals surface area contributed by atoms with Crippen molar-refractivity contribution >= 4 is 10.8 Å². The Bertz CT molecular complexity index is 3990. The summed E-state index contributed by atoms with van der Waals surface area (Å²) in [5.41, 5.74) is 26.0. The van der Waals surface area contributed by atoms with E-state index in [-0.39, 0.29) is 0 Å². The monoisotopic (exact) mass is 899 g/mol. The lowest BCUT2D eigenvalue weighted by Crippen LogP contribution is -2.25. The van der Waals surface area contributed by atoms with Crippen LogP contribution in [-0.4, -0.2) is 4.98 Å². The fraction of sp³-hybridized carbons (Fsp3) is 0.0143. The number of aromatic nitrogens is 1. The molecule has 1 heteroatoms. The van der Waals surface area contributed by atoms with Crippen molar-refractivity contribution in [3.8, 4) is 100 Å². The second-order valence-electron chi connectivity index (χ2n) is 19.0. The van der Waals surface area contributed by atoms with Crippen LogP contribution in [0.1, 0.15) is 22.3 Å². The van der Waals surface area contributed by atoms with E-state index in [0.717, 1.165) is 44.8 Å². The van der Waals surface area contributed by atoms with Gasteiger partial charge in [-0.2, -0.15) is 0 Å². The minimum Gasteiger partial charge on any atom is -0.248 e. The van der Waals surface area contributed by atoms with Crippen molar-refractivity contribution in [2.45, 2.75) is 5.41 Å². The molecule has 1 aromatic heterocycles. The highest BCUT2D eigenvalue weighted by molar-refractivity contribution is 6.00. The third-order valence-corrected chi connectivity index (χ3v) is 15.1. The van der Waals surface area contributed by atoms with Crippen LogP contribution in [0.2, 0.25) is 0 Å². The summed E-state index contributed by atoms with van der Waals surface area (Å²) in [5, 5.41) is 2.47. The number of nitrogens with zero attached hydrogens (tertiary/aromatic N) is 1. The summed E-state index contributed by atoms with van der Waals surface area (Å²) >= 11 is 0. The van der Waals surface area contributed by atoms with Crippen LogP contribution in [0.3, 0.4) is 0 Å². The molecule has 14 rings (SSSR count). The van der Waals surface area contributed by atoms with E-state index in [0.29, 0.717) is 0 Å². The van der Waals surface area contributed by atoms with Gasteiger partial charge in [-0.25, -0.2) is 4.98 Å².